The lowest BCUT2D eigenvalue weighted by Crippen LogP contribution is -2.20. The molecule has 0 spiro atoms. The molecule has 0 fully saturated rings. The first kappa shape index (κ1) is 15.0. The minimum absolute atomic E-state index is 0.448. The minimum atomic E-state index is -0.910. The molecule has 0 aliphatic heterocycles. The lowest BCUT2D eigenvalue weighted by molar-refractivity contribution is -0.141. The molecule has 0 bridgehead atoms. The van der Waals surface area contributed by atoms with E-state index in [9.17, 15) is 9.90 Å². The van der Waals surface area contributed by atoms with Crippen molar-refractivity contribution in [1.29, 1.82) is 0 Å². The average Bonchev–Trinajstić information content (AvgIpc) is 2.95. The molecule has 0 amide bonds. The van der Waals surface area contributed by atoms with E-state index in [0.717, 1.165) is 17.7 Å². The van der Waals surface area contributed by atoms with Crippen molar-refractivity contribution in [3.05, 3.63) is 30.5 Å². The van der Waals surface area contributed by atoms with Crippen molar-refractivity contribution >= 4 is 5.97 Å². The molecule has 0 aliphatic carbocycles. The van der Waals surface area contributed by atoms with Gasteiger partial charge in [-0.3, -0.25) is 0 Å². The molecule has 6 heteroatoms. The van der Waals surface area contributed by atoms with E-state index in [1.165, 1.54) is 4.68 Å². The number of hydrogen-bond acceptors (Lipinski definition) is 4. The number of aromatic nitrogens is 3. The van der Waals surface area contributed by atoms with E-state index < -0.39 is 12.0 Å². The molecule has 1 heterocycles. The first-order valence-electron chi connectivity index (χ1n) is 7.03. The van der Waals surface area contributed by atoms with E-state index in [0.29, 0.717) is 18.7 Å². The molecule has 1 aromatic heterocycles. The largest absolute Gasteiger partial charge is 0.494 e. The van der Waals surface area contributed by atoms with Crippen LogP contribution in [0.3, 0.4) is 0 Å². The maximum absolute atomic E-state index is 11.3. The molecule has 21 heavy (non-hydrogen) atoms. The molecular weight excluding hydrogens is 270 g/mol. The topological polar surface area (TPSA) is 77.2 Å². The van der Waals surface area contributed by atoms with E-state index in [1.54, 1.807) is 6.20 Å². The zero-order valence-corrected chi connectivity index (χ0v) is 12.2. The summed E-state index contributed by atoms with van der Waals surface area (Å²) in [6, 6.07) is 6.79. The number of carbonyl (C=O) groups is 1. The molecule has 0 radical (unpaired) electrons. The Kier molecular flexibility index (Phi) is 4.92. The van der Waals surface area contributed by atoms with Gasteiger partial charge in [-0.2, -0.15) is 0 Å². The van der Waals surface area contributed by atoms with Gasteiger partial charge in [0.1, 0.15) is 5.75 Å². The van der Waals surface area contributed by atoms with Crippen molar-refractivity contribution < 1.29 is 14.6 Å². The van der Waals surface area contributed by atoms with Gasteiger partial charge in [-0.25, -0.2) is 9.48 Å². The highest BCUT2D eigenvalue weighted by Crippen LogP contribution is 2.25. The Hall–Kier alpha value is -2.37. The van der Waals surface area contributed by atoms with E-state index in [1.807, 2.05) is 31.2 Å². The summed E-state index contributed by atoms with van der Waals surface area (Å²) < 4.78 is 6.98. The number of ether oxygens (including phenoxy) is 1. The normalized spacial score (nSPS) is 12.1. The van der Waals surface area contributed by atoms with Crippen LogP contribution in [0.5, 0.6) is 5.75 Å². The zero-order chi connectivity index (χ0) is 15.2. The van der Waals surface area contributed by atoms with Gasteiger partial charge in [0, 0.05) is 5.56 Å². The minimum Gasteiger partial charge on any atom is -0.494 e. The predicted molar refractivity (Wildman–Crippen MR) is 78.2 cm³/mol. The number of benzene rings is 1. The summed E-state index contributed by atoms with van der Waals surface area (Å²) in [5.74, 6) is -0.114. The summed E-state index contributed by atoms with van der Waals surface area (Å²) in [5, 5.41) is 17.0. The average molecular weight is 289 g/mol. The summed E-state index contributed by atoms with van der Waals surface area (Å²) in [5.41, 5.74) is 1.55. The lowest BCUT2D eigenvalue weighted by Gasteiger charge is -2.13. The Morgan fingerprint density at radius 2 is 2.05 bits per heavy atom. The fraction of sp³-hybridized carbons (Fsp3) is 0.400. The van der Waals surface area contributed by atoms with Crippen molar-refractivity contribution in [2.75, 3.05) is 6.61 Å². The Bertz CT molecular complexity index is 592. The van der Waals surface area contributed by atoms with Gasteiger partial charge in [0.15, 0.2) is 6.04 Å². The Morgan fingerprint density at radius 1 is 1.33 bits per heavy atom. The van der Waals surface area contributed by atoms with Gasteiger partial charge in [0.05, 0.1) is 18.5 Å². The molecule has 6 nitrogen and oxygen atoms in total. The number of nitrogens with zero attached hydrogens (tertiary/aromatic N) is 3. The third-order valence-corrected chi connectivity index (χ3v) is 3.16. The van der Waals surface area contributed by atoms with Crippen molar-refractivity contribution in [3.8, 4) is 17.0 Å². The molecule has 1 N–H and O–H groups in total. The van der Waals surface area contributed by atoms with Crippen molar-refractivity contribution in [2.24, 2.45) is 0 Å². The Labute approximate surface area is 123 Å². The number of aliphatic carboxylic acids is 1. The van der Waals surface area contributed by atoms with Crippen molar-refractivity contribution in [2.45, 2.75) is 32.7 Å². The van der Waals surface area contributed by atoms with E-state index in [-0.39, 0.29) is 0 Å². The van der Waals surface area contributed by atoms with Gasteiger partial charge in [0.2, 0.25) is 0 Å². The van der Waals surface area contributed by atoms with Gasteiger partial charge in [-0.05, 0) is 37.1 Å². The third-order valence-electron chi connectivity index (χ3n) is 3.16. The third kappa shape index (κ3) is 3.39. The number of carboxylic acids is 1. The Morgan fingerprint density at radius 3 is 2.62 bits per heavy atom. The number of carboxylic acid groups (broad SMARTS) is 1. The first-order valence-corrected chi connectivity index (χ1v) is 7.03. The highest BCUT2D eigenvalue weighted by Gasteiger charge is 2.21. The molecule has 1 atom stereocenters. The van der Waals surface area contributed by atoms with Gasteiger partial charge < -0.3 is 9.84 Å². The fourth-order valence-electron chi connectivity index (χ4n) is 2.07. The molecule has 1 unspecified atom stereocenters. The van der Waals surface area contributed by atoms with Crippen LogP contribution >= 0.6 is 0 Å². The van der Waals surface area contributed by atoms with Gasteiger partial charge in [-0.15, -0.1) is 5.10 Å². The van der Waals surface area contributed by atoms with E-state index in [2.05, 4.69) is 17.2 Å². The number of rotatable bonds is 7. The molecule has 112 valence electrons. The Balaban J connectivity index is 2.26. The van der Waals surface area contributed by atoms with E-state index >= 15 is 0 Å². The second-order valence-corrected chi connectivity index (χ2v) is 4.70. The van der Waals surface area contributed by atoms with Crippen molar-refractivity contribution in [3.63, 3.8) is 0 Å². The molecule has 0 saturated heterocycles. The molecule has 0 aliphatic rings. The molecular formula is C15H19N3O3. The fourth-order valence-corrected chi connectivity index (χ4v) is 2.07. The van der Waals surface area contributed by atoms with Crippen LogP contribution in [0.25, 0.3) is 11.3 Å². The maximum atomic E-state index is 11.3. The van der Waals surface area contributed by atoms with Crippen LogP contribution in [0.15, 0.2) is 30.5 Å². The summed E-state index contributed by atoms with van der Waals surface area (Å²) in [6.45, 7) is 4.54. The van der Waals surface area contributed by atoms with Crippen LogP contribution < -0.4 is 4.74 Å². The monoisotopic (exact) mass is 289 g/mol. The molecule has 2 aromatic rings. The first-order chi connectivity index (χ1) is 10.2. The highest BCUT2D eigenvalue weighted by atomic mass is 16.5. The molecule has 1 aromatic carbocycles. The number of hydrogen-bond donors (Lipinski definition) is 1. The van der Waals surface area contributed by atoms with Crippen LogP contribution in [0.1, 0.15) is 32.7 Å². The summed E-state index contributed by atoms with van der Waals surface area (Å²) >= 11 is 0. The smallest absolute Gasteiger partial charge is 0.328 e. The quantitative estimate of drug-likeness (QED) is 0.848. The zero-order valence-electron chi connectivity index (χ0n) is 12.2. The molecule has 2 rings (SSSR count). The highest BCUT2D eigenvalue weighted by molar-refractivity contribution is 5.73. The van der Waals surface area contributed by atoms with Gasteiger partial charge >= 0.3 is 5.97 Å². The van der Waals surface area contributed by atoms with Crippen molar-refractivity contribution in [1.82, 2.24) is 15.0 Å². The molecule has 0 saturated carbocycles. The van der Waals surface area contributed by atoms with Crippen LogP contribution in [0.2, 0.25) is 0 Å². The van der Waals surface area contributed by atoms with Crippen LogP contribution in [0, 0.1) is 0 Å². The SMILES string of the molecule is CCCOc1ccc(-c2cnnn2C(CC)C(=O)O)cc1. The maximum Gasteiger partial charge on any atom is 0.328 e. The van der Waals surface area contributed by atoms with Crippen LogP contribution in [-0.4, -0.2) is 32.7 Å². The predicted octanol–water partition coefficient (Wildman–Crippen LogP) is 2.77. The summed E-state index contributed by atoms with van der Waals surface area (Å²) in [6.07, 6.45) is 2.98. The van der Waals surface area contributed by atoms with Gasteiger partial charge in [0.25, 0.3) is 0 Å². The van der Waals surface area contributed by atoms with E-state index in [4.69, 9.17) is 4.74 Å². The standard InChI is InChI=1S/C15H19N3O3/c1-3-9-21-12-7-5-11(6-8-12)14-10-16-17-18(14)13(4-2)15(19)20/h5-8,10,13H,3-4,9H2,1-2H3,(H,19,20). The second-order valence-electron chi connectivity index (χ2n) is 4.70. The lowest BCUT2D eigenvalue weighted by atomic mass is 10.1. The summed E-state index contributed by atoms with van der Waals surface area (Å²) in [7, 11) is 0. The summed E-state index contributed by atoms with van der Waals surface area (Å²) in [4.78, 5) is 11.3. The second kappa shape index (κ2) is 6.88. The van der Waals surface area contributed by atoms with Crippen LogP contribution in [0.4, 0.5) is 0 Å². The van der Waals surface area contributed by atoms with Crippen LogP contribution in [-0.2, 0) is 4.79 Å². The van der Waals surface area contributed by atoms with Gasteiger partial charge in [-0.1, -0.05) is 19.1 Å².